The number of carbonyl (C=O) groups is 1. The maximum atomic E-state index is 13.3. The van der Waals surface area contributed by atoms with Gasteiger partial charge in [0.2, 0.25) is 5.75 Å². The van der Waals surface area contributed by atoms with E-state index in [1.165, 1.54) is 33.3 Å². The molecular weight excluding hydrogens is 514 g/mol. The van der Waals surface area contributed by atoms with Crippen LogP contribution in [-0.4, -0.2) is 55.1 Å². The van der Waals surface area contributed by atoms with Crippen molar-refractivity contribution in [1.29, 1.82) is 0 Å². The van der Waals surface area contributed by atoms with Crippen LogP contribution in [0.2, 0.25) is 0 Å². The van der Waals surface area contributed by atoms with Crippen LogP contribution in [0.5, 0.6) is 28.7 Å². The average molecular weight is 544 g/mol. The van der Waals surface area contributed by atoms with Crippen molar-refractivity contribution in [2.24, 2.45) is 0 Å². The molecule has 0 aliphatic carbocycles. The molecule has 0 N–H and O–H groups in total. The third-order valence-corrected chi connectivity index (χ3v) is 6.58. The van der Waals surface area contributed by atoms with Crippen LogP contribution >= 0.6 is 0 Å². The number of ether oxygens (including phenoxy) is 5. The second kappa shape index (κ2) is 11.2. The molecule has 1 saturated heterocycles. The number of carbonyl (C=O) groups excluding carboxylic acids is 1. The fourth-order valence-electron chi connectivity index (χ4n) is 4.29. The van der Waals surface area contributed by atoms with Crippen LogP contribution in [0.3, 0.4) is 0 Å². The highest BCUT2D eigenvalue weighted by Gasteiger charge is 2.52. The third kappa shape index (κ3) is 5.48. The van der Waals surface area contributed by atoms with Crippen molar-refractivity contribution < 1.29 is 41.1 Å². The van der Waals surface area contributed by atoms with E-state index in [1.54, 1.807) is 30.3 Å². The molecule has 1 unspecified atom stereocenters. The minimum Gasteiger partial charge on any atom is -0.493 e. The van der Waals surface area contributed by atoms with Gasteiger partial charge in [-0.25, -0.2) is 0 Å². The highest BCUT2D eigenvalue weighted by Crippen LogP contribution is 2.48. The van der Waals surface area contributed by atoms with Crippen molar-refractivity contribution >= 4 is 21.7 Å². The molecule has 0 bridgehead atoms. The zero-order valence-corrected chi connectivity index (χ0v) is 22.5. The Morgan fingerprint density at radius 1 is 0.789 bits per heavy atom. The average Bonchev–Trinajstić information content (AvgIpc) is 2.92. The topological polar surface area (TPSA) is 110 Å². The summed E-state index contributed by atoms with van der Waals surface area (Å²) in [6, 6.07) is 17.2. The molecule has 1 aliphatic rings. The summed E-state index contributed by atoms with van der Waals surface area (Å²) in [5, 5.41) is 0. The van der Waals surface area contributed by atoms with E-state index < -0.39 is 28.2 Å². The van der Waals surface area contributed by atoms with Gasteiger partial charge in [-0.05, 0) is 23.3 Å². The smallest absolute Gasteiger partial charge is 0.265 e. The van der Waals surface area contributed by atoms with E-state index in [0.717, 1.165) is 11.8 Å². The molecule has 0 saturated carbocycles. The van der Waals surface area contributed by atoms with E-state index in [9.17, 15) is 13.2 Å². The number of hydrogen-bond acceptors (Lipinski definition) is 9. The van der Waals surface area contributed by atoms with Crippen LogP contribution in [0.25, 0.3) is 0 Å². The molecule has 0 aromatic heterocycles. The first-order valence-corrected chi connectivity index (χ1v) is 13.4. The summed E-state index contributed by atoms with van der Waals surface area (Å²) in [6.07, 6.45) is -0.374. The zero-order chi connectivity index (χ0) is 27.4. The van der Waals surface area contributed by atoms with Crippen LogP contribution in [0.15, 0.2) is 60.7 Å². The maximum absolute atomic E-state index is 13.3. The number of anilines is 1. The summed E-state index contributed by atoms with van der Waals surface area (Å²) >= 11 is 0. The lowest BCUT2D eigenvalue weighted by atomic mass is 9.89. The molecule has 202 valence electrons. The summed E-state index contributed by atoms with van der Waals surface area (Å²) in [7, 11) is 1.98. The van der Waals surface area contributed by atoms with Gasteiger partial charge in [-0.1, -0.05) is 36.4 Å². The predicted octanol–water partition coefficient (Wildman–Crippen LogP) is 3.73. The van der Waals surface area contributed by atoms with Crippen LogP contribution < -0.4 is 28.6 Å². The van der Waals surface area contributed by atoms with Crippen LogP contribution in [0.4, 0.5) is 5.69 Å². The Kier molecular flexibility index (Phi) is 7.98. The second-order valence-corrected chi connectivity index (χ2v) is 10.0. The molecule has 10 nitrogen and oxygen atoms in total. The molecule has 3 aromatic carbocycles. The Balaban J connectivity index is 1.76. The summed E-state index contributed by atoms with van der Waals surface area (Å²) < 4.78 is 57.0. The van der Waals surface area contributed by atoms with Gasteiger partial charge < -0.3 is 23.7 Å². The third-order valence-electron chi connectivity index (χ3n) is 6.02. The molecule has 38 heavy (non-hydrogen) atoms. The zero-order valence-electron chi connectivity index (χ0n) is 21.7. The largest absolute Gasteiger partial charge is 0.493 e. The number of methoxy groups -OCH3 is 4. The minimum absolute atomic E-state index is 0.282. The number of benzene rings is 3. The van der Waals surface area contributed by atoms with Gasteiger partial charge in [0.15, 0.2) is 29.1 Å². The van der Waals surface area contributed by atoms with Crippen molar-refractivity contribution in [2.75, 3.05) is 39.6 Å². The van der Waals surface area contributed by atoms with Crippen LogP contribution in [0.1, 0.15) is 17.2 Å². The van der Waals surface area contributed by atoms with Crippen molar-refractivity contribution in [3.05, 3.63) is 71.8 Å². The van der Waals surface area contributed by atoms with Crippen LogP contribution in [0, 0.1) is 0 Å². The summed E-state index contributed by atoms with van der Waals surface area (Å²) in [5.74, 6) is 1.39. The molecule has 1 aliphatic heterocycles. The fourth-order valence-corrected chi connectivity index (χ4v) is 4.85. The van der Waals surface area contributed by atoms with E-state index in [0.29, 0.717) is 40.0 Å². The number of β-lactam (4-membered cyclic amide) rings is 1. The molecule has 1 amide bonds. The van der Waals surface area contributed by atoms with Gasteiger partial charge in [-0.2, -0.15) is 8.42 Å². The number of amides is 1. The van der Waals surface area contributed by atoms with Crippen molar-refractivity contribution in [3.63, 3.8) is 0 Å². The molecule has 11 heteroatoms. The Morgan fingerprint density at radius 2 is 1.42 bits per heavy atom. The SMILES string of the molecule is COc1ccc([C@H]2C(OS(C)(=O)=O)C(=O)N2c2cc(OC)c(OC)c(OC)c2)cc1OCc1ccccc1. The normalized spacial score (nSPS) is 17.0. The Morgan fingerprint density at radius 3 is 1.97 bits per heavy atom. The van der Waals surface area contributed by atoms with Gasteiger partial charge in [-0.3, -0.25) is 13.9 Å². The molecule has 0 radical (unpaired) electrons. The molecular formula is C27H29NO9S. The van der Waals surface area contributed by atoms with Gasteiger partial charge in [0, 0.05) is 12.1 Å². The van der Waals surface area contributed by atoms with E-state index in [1.807, 2.05) is 30.3 Å². The number of rotatable bonds is 11. The number of hydrogen-bond donors (Lipinski definition) is 0. The van der Waals surface area contributed by atoms with Crippen LogP contribution in [-0.2, 0) is 25.7 Å². The maximum Gasteiger partial charge on any atom is 0.265 e. The second-order valence-electron chi connectivity index (χ2n) is 8.44. The first-order valence-electron chi connectivity index (χ1n) is 11.6. The Bertz CT molecular complexity index is 1380. The standard InChI is InChI=1S/C27H29NO9S/c1-32-20-12-11-18(13-21(20)36-16-17-9-7-6-8-10-17)24-26(37-38(5,30)31)27(29)28(24)19-14-22(33-2)25(35-4)23(15-19)34-3/h6-15,24,26H,16H2,1-5H3/t24-,26?/m0/s1. The summed E-state index contributed by atoms with van der Waals surface area (Å²) in [6.45, 7) is 0.282. The predicted molar refractivity (Wildman–Crippen MR) is 140 cm³/mol. The molecule has 3 aromatic rings. The first-order chi connectivity index (χ1) is 18.2. The molecule has 0 spiro atoms. The first kappa shape index (κ1) is 27.1. The van der Waals surface area contributed by atoms with Gasteiger partial charge >= 0.3 is 0 Å². The van der Waals surface area contributed by atoms with Crippen molar-refractivity contribution in [3.8, 4) is 28.7 Å². The lowest BCUT2D eigenvalue weighted by Crippen LogP contribution is -2.60. The van der Waals surface area contributed by atoms with Gasteiger partial charge in [0.05, 0.1) is 46.4 Å². The lowest BCUT2D eigenvalue weighted by molar-refractivity contribution is -0.134. The lowest BCUT2D eigenvalue weighted by Gasteiger charge is -2.46. The highest BCUT2D eigenvalue weighted by molar-refractivity contribution is 7.86. The monoisotopic (exact) mass is 543 g/mol. The molecule has 1 fully saturated rings. The Hall–Kier alpha value is -3.96. The number of nitrogens with zero attached hydrogens (tertiary/aromatic N) is 1. The molecule has 2 atom stereocenters. The molecule has 1 heterocycles. The van der Waals surface area contributed by atoms with Crippen molar-refractivity contribution in [2.45, 2.75) is 18.8 Å². The Labute approximate surface area is 221 Å². The van der Waals surface area contributed by atoms with Gasteiger partial charge in [0.1, 0.15) is 6.61 Å². The minimum atomic E-state index is -3.94. The van der Waals surface area contributed by atoms with E-state index >= 15 is 0 Å². The fraction of sp³-hybridized carbons (Fsp3) is 0.296. The molecule has 4 rings (SSSR count). The summed E-state index contributed by atoms with van der Waals surface area (Å²) in [4.78, 5) is 14.7. The van der Waals surface area contributed by atoms with Gasteiger partial charge in [0.25, 0.3) is 16.0 Å². The van der Waals surface area contributed by atoms with E-state index in [-0.39, 0.29) is 6.61 Å². The van der Waals surface area contributed by atoms with E-state index in [2.05, 4.69) is 0 Å². The van der Waals surface area contributed by atoms with Crippen molar-refractivity contribution in [1.82, 2.24) is 0 Å². The highest BCUT2D eigenvalue weighted by atomic mass is 32.2. The van der Waals surface area contributed by atoms with E-state index in [4.69, 9.17) is 27.9 Å². The van der Waals surface area contributed by atoms with Gasteiger partial charge in [-0.15, -0.1) is 0 Å². The summed E-state index contributed by atoms with van der Waals surface area (Å²) in [5.41, 5.74) is 1.94. The quantitative estimate of drug-likeness (QED) is 0.264.